The fraction of sp³-hybridized carbons (Fsp3) is 0.0667. The van der Waals surface area contributed by atoms with Crippen LogP contribution in [0.15, 0.2) is 164 Å². The molecule has 0 amide bonds. The van der Waals surface area contributed by atoms with Crippen LogP contribution in [0.1, 0.15) is 16.7 Å². The van der Waals surface area contributed by atoms with Crippen molar-refractivity contribution in [1.82, 2.24) is 0 Å². The number of ether oxygens (including phenoxy) is 6. The Hall–Kier alpha value is -8.46. The number of nitrogens with zero attached hydrogens (tertiary/aromatic N) is 3. The highest BCUT2D eigenvalue weighted by molar-refractivity contribution is 5.56. The highest BCUT2D eigenvalue weighted by Gasteiger charge is 2.21. The highest BCUT2D eigenvalue weighted by atomic mass is 16.6. The van der Waals surface area contributed by atoms with Gasteiger partial charge < -0.3 is 28.4 Å². The van der Waals surface area contributed by atoms with Gasteiger partial charge in [0.25, 0.3) is 0 Å². The van der Waals surface area contributed by atoms with Crippen LogP contribution in [0, 0.1) is 30.3 Å². The van der Waals surface area contributed by atoms with Gasteiger partial charge in [-0.3, -0.25) is 30.3 Å². The molecule has 7 rings (SSSR count). The molecule has 0 atom stereocenters. The van der Waals surface area contributed by atoms with Gasteiger partial charge in [-0.15, -0.1) is 0 Å². The first kappa shape index (κ1) is 39.8. The quantitative estimate of drug-likeness (QED) is 0.0591. The molecule has 300 valence electrons. The Bertz CT molecular complexity index is 2330. The minimum absolute atomic E-state index is 0.0342. The summed E-state index contributed by atoms with van der Waals surface area (Å²) in [7, 11) is 0. The molecule has 15 heteroatoms. The highest BCUT2D eigenvalue weighted by Crippen LogP contribution is 2.41. The fourth-order valence-electron chi connectivity index (χ4n) is 5.81. The molecule has 0 bridgehead atoms. The molecular formula is C45H33N3O12. The molecule has 7 aromatic carbocycles. The number of nitro benzene ring substituents is 3. The second kappa shape index (κ2) is 18.7. The molecule has 7 aromatic rings. The van der Waals surface area contributed by atoms with Crippen LogP contribution in [0.2, 0.25) is 0 Å². The summed E-state index contributed by atoms with van der Waals surface area (Å²) in [6.07, 6.45) is 0. The topological polar surface area (TPSA) is 185 Å². The molecule has 0 radical (unpaired) electrons. The third kappa shape index (κ3) is 10.5. The van der Waals surface area contributed by atoms with Crippen molar-refractivity contribution in [2.45, 2.75) is 19.8 Å². The van der Waals surface area contributed by atoms with E-state index in [4.69, 9.17) is 28.4 Å². The maximum absolute atomic E-state index is 11.9. The second-order valence-electron chi connectivity index (χ2n) is 12.9. The first-order valence-corrected chi connectivity index (χ1v) is 18.2. The Morgan fingerprint density at radius 2 is 0.600 bits per heavy atom. The Morgan fingerprint density at radius 3 is 0.850 bits per heavy atom. The molecule has 15 nitrogen and oxygen atoms in total. The van der Waals surface area contributed by atoms with Crippen molar-refractivity contribution in [3.8, 4) is 51.7 Å². The molecular weight excluding hydrogens is 775 g/mol. The minimum atomic E-state index is -0.561. The van der Waals surface area contributed by atoms with E-state index in [2.05, 4.69) is 0 Å². The van der Waals surface area contributed by atoms with E-state index < -0.39 is 14.8 Å². The van der Waals surface area contributed by atoms with Gasteiger partial charge in [-0.25, -0.2) is 0 Å². The van der Waals surface area contributed by atoms with Crippen molar-refractivity contribution in [3.05, 3.63) is 211 Å². The van der Waals surface area contributed by atoms with Crippen LogP contribution in [0.5, 0.6) is 51.7 Å². The van der Waals surface area contributed by atoms with Crippen LogP contribution >= 0.6 is 0 Å². The molecule has 0 aliphatic heterocycles. The van der Waals surface area contributed by atoms with E-state index >= 15 is 0 Å². The van der Waals surface area contributed by atoms with Crippen molar-refractivity contribution in [3.63, 3.8) is 0 Å². The van der Waals surface area contributed by atoms with Crippen LogP contribution in [0.3, 0.4) is 0 Å². The van der Waals surface area contributed by atoms with Crippen molar-refractivity contribution in [2.75, 3.05) is 0 Å². The lowest BCUT2D eigenvalue weighted by molar-refractivity contribution is -0.386. The average Bonchev–Trinajstić information content (AvgIpc) is 3.25. The van der Waals surface area contributed by atoms with E-state index in [1.54, 1.807) is 0 Å². The second-order valence-corrected chi connectivity index (χ2v) is 12.9. The molecule has 0 aromatic heterocycles. The summed E-state index contributed by atoms with van der Waals surface area (Å²) in [6, 6.07) is 44.1. The fourth-order valence-corrected chi connectivity index (χ4v) is 5.81. The van der Waals surface area contributed by atoms with E-state index in [1.807, 2.05) is 91.0 Å². The molecule has 0 saturated heterocycles. The van der Waals surface area contributed by atoms with E-state index in [0.717, 1.165) is 16.7 Å². The summed E-state index contributed by atoms with van der Waals surface area (Å²) in [4.78, 5) is 34.0. The van der Waals surface area contributed by atoms with Crippen LogP contribution in [0.4, 0.5) is 17.1 Å². The first-order chi connectivity index (χ1) is 29.2. The molecule has 0 spiro atoms. The van der Waals surface area contributed by atoms with Gasteiger partial charge in [0.1, 0.15) is 54.3 Å². The SMILES string of the molecule is O=[N+]([O-])c1ccc(Oc2cc(Oc3ccc([N+](=O)[O-])c(OCc4ccccc4)c3)cc(Oc3ccc([N+](=O)[O-])c(OCc4ccccc4)c3)c2)cc1OCc1ccccc1. The van der Waals surface area contributed by atoms with Crippen LogP contribution in [-0.4, -0.2) is 14.8 Å². The smallest absolute Gasteiger partial charge is 0.311 e. The van der Waals surface area contributed by atoms with Crippen molar-refractivity contribution >= 4 is 17.1 Å². The Labute approximate surface area is 342 Å². The summed E-state index contributed by atoms with van der Waals surface area (Å²) < 4.78 is 36.1. The van der Waals surface area contributed by atoms with Gasteiger partial charge in [0.2, 0.25) is 17.2 Å². The van der Waals surface area contributed by atoms with Crippen LogP contribution in [-0.2, 0) is 19.8 Å². The Balaban J connectivity index is 1.21. The lowest BCUT2D eigenvalue weighted by Crippen LogP contribution is -2.00. The maximum Gasteiger partial charge on any atom is 0.311 e. The molecule has 0 heterocycles. The van der Waals surface area contributed by atoms with Crippen LogP contribution in [0.25, 0.3) is 0 Å². The molecule has 0 aliphatic rings. The monoisotopic (exact) mass is 807 g/mol. The zero-order chi connectivity index (χ0) is 41.8. The summed E-state index contributed by atoms with van der Waals surface area (Å²) in [5.41, 5.74) is 1.57. The number of nitro groups is 3. The lowest BCUT2D eigenvalue weighted by Gasteiger charge is -2.15. The maximum atomic E-state index is 11.9. The number of benzene rings is 7. The van der Waals surface area contributed by atoms with Crippen LogP contribution < -0.4 is 28.4 Å². The zero-order valence-electron chi connectivity index (χ0n) is 31.5. The molecule has 60 heavy (non-hydrogen) atoms. The van der Waals surface area contributed by atoms with E-state index in [1.165, 1.54) is 72.8 Å². The number of hydrogen-bond acceptors (Lipinski definition) is 12. The first-order valence-electron chi connectivity index (χ1n) is 18.2. The summed E-state index contributed by atoms with van der Waals surface area (Å²) in [6.45, 7) is 0.182. The molecule has 0 unspecified atom stereocenters. The third-order valence-corrected chi connectivity index (χ3v) is 8.66. The Morgan fingerprint density at radius 1 is 0.333 bits per heavy atom. The standard InChI is InChI=1S/C45H33N3O12/c49-46(50)40-19-16-34(25-43(40)55-28-31-10-4-1-5-11-31)58-37-22-38(59-35-17-20-41(47(51)52)44(26-35)56-29-32-12-6-2-7-13-32)24-39(23-37)60-36-18-21-42(48(53)54)45(27-36)57-30-33-14-8-3-9-15-33/h1-27H,28-30H2. The van der Waals surface area contributed by atoms with Crippen molar-refractivity contribution in [2.24, 2.45) is 0 Å². The lowest BCUT2D eigenvalue weighted by atomic mass is 10.2. The third-order valence-electron chi connectivity index (χ3n) is 8.66. The van der Waals surface area contributed by atoms with E-state index in [-0.39, 0.29) is 88.6 Å². The molecule has 0 saturated carbocycles. The van der Waals surface area contributed by atoms with Gasteiger partial charge in [0.15, 0.2) is 0 Å². The minimum Gasteiger partial charge on any atom is -0.482 e. The summed E-state index contributed by atoms with van der Waals surface area (Å²) in [5.74, 6) is 0.858. The summed E-state index contributed by atoms with van der Waals surface area (Å²) in [5, 5.41) is 35.7. The molecule has 0 N–H and O–H groups in total. The van der Waals surface area contributed by atoms with E-state index in [9.17, 15) is 30.3 Å². The van der Waals surface area contributed by atoms with Gasteiger partial charge in [0.05, 0.1) is 14.8 Å². The normalized spacial score (nSPS) is 10.6. The summed E-state index contributed by atoms with van der Waals surface area (Å²) >= 11 is 0. The largest absolute Gasteiger partial charge is 0.482 e. The predicted molar refractivity (Wildman–Crippen MR) is 218 cm³/mol. The zero-order valence-corrected chi connectivity index (χ0v) is 31.5. The van der Waals surface area contributed by atoms with Gasteiger partial charge in [0, 0.05) is 54.6 Å². The average molecular weight is 808 g/mol. The van der Waals surface area contributed by atoms with Gasteiger partial charge in [-0.1, -0.05) is 91.0 Å². The van der Waals surface area contributed by atoms with Crippen molar-refractivity contribution in [1.29, 1.82) is 0 Å². The predicted octanol–water partition coefficient (Wildman–Crippen LogP) is 11.5. The molecule has 0 fully saturated rings. The molecule has 0 aliphatic carbocycles. The van der Waals surface area contributed by atoms with Gasteiger partial charge in [-0.2, -0.15) is 0 Å². The van der Waals surface area contributed by atoms with Gasteiger partial charge >= 0.3 is 17.1 Å². The Kier molecular flexibility index (Phi) is 12.4. The van der Waals surface area contributed by atoms with Crippen molar-refractivity contribution < 1.29 is 43.2 Å². The number of rotatable bonds is 18. The van der Waals surface area contributed by atoms with Gasteiger partial charge in [-0.05, 0) is 34.9 Å². The number of hydrogen-bond donors (Lipinski definition) is 0. The van der Waals surface area contributed by atoms with E-state index in [0.29, 0.717) is 0 Å².